The zero-order valence-electron chi connectivity index (χ0n) is 21.5. The Balaban J connectivity index is 1.47. The fraction of sp³-hybridized carbons (Fsp3) is 0.452. The summed E-state index contributed by atoms with van der Waals surface area (Å²) < 4.78 is 34.2. The van der Waals surface area contributed by atoms with E-state index in [0.29, 0.717) is 24.7 Å². The van der Waals surface area contributed by atoms with Gasteiger partial charge in [-0.15, -0.1) is 0 Å². The molecule has 2 aliphatic carbocycles. The van der Waals surface area contributed by atoms with E-state index in [9.17, 15) is 13.6 Å². The predicted octanol–water partition coefficient (Wildman–Crippen LogP) is 6.58. The monoisotopic (exact) mass is 504 g/mol. The highest BCUT2D eigenvalue weighted by molar-refractivity contribution is 6.01. The van der Waals surface area contributed by atoms with Gasteiger partial charge >= 0.3 is 5.97 Å². The summed E-state index contributed by atoms with van der Waals surface area (Å²) in [6.07, 6.45) is 6.54. The molecule has 1 aromatic heterocycles. The Labute approximate surface area is 216 Å². The molecular weight excluding hydrogens is 470 g/mol. The van der Waals surface area contributed by atoms with Crippen LogP contribution in [0, 0.1) is 23.5 Å². The highest BCUT2D eigenvalue weighted by atomic mass is 19.1. The Morgan fingerprint density at radius 1 is 1.05 bits per heavy atom. The molecule has 4 nitrogen and oxygen atoms in total. The molecule has 194 valence electrons. The van der Waals surface area contributed by atoms with E-state index < -0.39 is 0 Å². The van der Waals surface area contributed by atoms with Crippen LogP contribution in [0.1, 0.15) is 68.3 Å². The highest BCUT2D eigenvalue weighted by Crippen LogP contribution is 2.45. The van der Waals surface area contributed by atoms with E-state index in [2.05, 4.69) is 17.2 Å². The summed E-state index contributed by atoms with van der Waals surface area (Å²) in [5.41, 5.74) is 7.42. The van der Waals surface area contributed by atoms with Gasteiger partial charge in [0, 0.05) is 36.0 Å². The van der Waals surface area contributed by atoms with Crippen LogP contribution in [0.4, 0.5) is 8.78 Å². The van der Waals surface area contributed by atoms with Crippen molar-refractivity contribution in [3.8, 4) is 0 Å². The number of nitrogens with one attached hydrogen (secondary N) is 2. The van der Waals surface area contributed by atoms with Gasteiger partial charge in [-0.2, -0.15) is 0 Å². The maximum Gasteiger partial charge on any atom is 0.302 e. The maximum absolute atomic E-state index is 14.3. The number of aromatic amines is 1. The first kappa shape index (κ1) is 24.4. The minimum atomic E-state index is -0.271. The average molecular weight is 505 g/mol. The smallest absolute Gasteiger partial charge is 0.302 e. The van der Waals surface area contributed by atoms with Gasteiger partial charge in [-0.25, -0.2) is 8.78 Å². The predicted molar refractivity (Wildman–Crippen MR) is 142 cm³/mol. The molecule has 6 heteroatoms. The molecule has 0 unspecified atom stereocenters. The van der Waals surface area contributed by atoms with E-state index in [-0.39, 0.29) is 29.7 Å². The van der Waals surface area contributed by atoms with Gasteiger partial charge in [0.05, 0.1) is 0 Å². The number of halogens is 2. The highest BCUT2D eigenvalue weighted by Gasteiger charge is 2.35. The molecule has 0 amide bonds. The van der Waals surface area contributed by atoms with Gasteiger partial charge in [0.25, 0.3) is 0 Å². The van der Waals surface area contributed by atoms with Crippen LogP contribution in [-0.2, 0) is 22.4 Å². The summed E-state index contributed by atoms with van der Waals surface area (Å²) in [6.45, 7) is 4.58. The molecule has 37 heavy (non-hydrogen) atoms. The van der Waals surface area contributed by atoms with Gasteiger partial charge < -0.3 is 15.0 Å². The summed E-state index contributed by atoms with van der Waals surface area (Å²) in [4.78, 5) is 15.3. The molecule has 1 saturated heterocycles. The van der Waals surface area contributed by atoms with Crippen LogP contribution in [0.2, 0.25) is 0 Å². The van der Waals surface area contributed by atoms with Gasteiger partial charge in [-0.3, -0.25) is 4.79 Å². The molecule has 2 N–H and O–H groups in total. The first-order chi connectivity index (χ1) is 17.9. The Morgan fingerprint density at radius 2 is 1.86 bits per heavy atom. The second-order valence-corrected chi connectivity index (χ2v) is 11.2. The van der Waals surface area contributed by atoms with Crippen LogP contribution in [0.25, 0.3) is 22.0 Å². The molecule has 6 rings (SSSR count). The normalized spacial score (nSPS) is 25.3. The number of H-pyrrole nitrogens is 1. The zero-order chi connectivity index (χ0) is 25.7. The number of ether oxygens (including phenoxy) is 1. The molecule has 3 aliphatic rings. The Morgan fingerprint density at radius 3 is 2.65 bits per heavy atom. The number of carbonyl (C=O) groups is 1. The van der Waals surface area contributed by atoms with Crippen molar-refractivity contribution < 1.29 is 18.3 Å². The minimum absolute atomic E-state index is 0.00923. The lowest BCUT2D eigenvalue weighted by Crippen LogP contribution is -2.33. The molecule has 0 bridgehead atoms. The fourth-order valence-electron chi connectivity index (χ4n) is 6.94. The molecule has 1 aliphatic heterocycles. The molecule has 0 radical (unpaired) electrons. The van der Waals surface area contributed by atoms with Gasteiger partial charge in [0.2, 0.25) is 0 Å². The third-order valence-corrected chi connectivity index (χ3v) is 8.82. The van der Waals surface area contributed by atoms with Crippen LogP contribution in [-0.4, -0.2) is 29.6 Å². The SMILES string of the molecule is CC(=O)O[C@H]1CCN[C@@H]1CC1=C(c2[nH]c3cc(F)ccc3c2C[C@H]2CCC[C@@H]2C)Cc2cc(F)ccc21. The third-order valence-electron chi connectivity index (χ3n) is 8.82. The number of benzene rings is 2. The molecule has 0 spiro atoms. The van der Waals surface area contributed by atoms with Crippen molar-refractivity contribution >= 4 is 28.0 Å². The molecule has 1 saturated carbocycles. The van der Waals surface area contributed by atoms with Gasteiger partial charge in [-0.1, -0.05) is 25.8 Å². The van der Waals surface area contributed by atoms with Crippen LogP contribution in [0.5, 0.6) is 0 Å². The van der Waals surface area contributed by atoms with Crippen molar-refractivity contribution in [3.05, 3.63) is 70.4 Å². The van der Waals surface area contributed by atoms with Crippen molar-refractivity contribution in [1.29, 1.82) is 0 Å². The zero-order valence-corrected chi connectivity index (χ0v) is 21.5. The molecule has 4 atom stereocenters. The first-order valence-electron chi connectivity index (χ1n) is 13.6. The van der Waals surface area contributed by atoms with Crippen LogP contribution >= 0.6 is 0 Å². The number of hydrogen-bond acceptors (Lipinski definition) is 3. The lowest BCUT2D eigenvalue weighted by atomic mass is 9.87. The van der Waals surface area contributed by atoms with Crippen molar-refractivity contribution in [2.75, 3.05) is 6.54 Å². The van der Waals surface area contributed by atoms with Crippen molar-refractivity contribution in [3.63, 3.8) is 0 Å². The van der Waals surface area contributed by atoms with E-state index in [1.54, 1.807) is 18.2 Å². The van der Waals surface area contributed by atoms with E-state index in [1.807, 2.05) is 12.1 Å². The van der Waals surface area contributed by atoms with E-state index in [4.69, 9.17) is 4.74 Å². The summed E-state index contributed by atoms with van der Waals surface area (Å²) >= 11 is 0. The van der Waals surface area contributed by atoms with Crippen molar-refractivity contribution in [2.24, 2.45) is 11.8 Å². The third kappa shape index (κ3) is 4.61. The van der Waals surface area contributed by atoms with Gasteiger partial charge in [0.15, 0.2) is 0 Å². The summed E-state index contributed by atoms with van der Waals surface area (Å²) in [7, 11) is 0. The Kier molecular flexibility index (Phi) is 6.39. The molecular formula is C31H34F2N2O2. The lowest BCUT2D eigenvalue weighted by Gasteiger charge is -2.22. The second-order valence-electron chi connectivity index (χ2n) is 11.2. The number of allylic oxidation sites excluding steroid dienone is 1. The maximum atomic E-state index is 14.3. The first-order valence-corrected chi connectivity index (χ1v) is 13.6. The van der Waals surface area contributed by atoms with Crippen molar-refractivity contribution in [2.45, 2.75) is 70.9 Å². The molecule has 2 aromatic carbocycles. The molecule has 2 fully saturated rings. The quantitative estimate of drug-likeness (QED) is 0.373. The number of fused-ring (bicyclic) bond motifs is 2. The second kappa shape index (κ2) is 9.71. The fourth-order valence-corrected chi connectivity index (χ4v) is 6.94. The molecule has 2 heterocycles. The van der Waals surface area contributed by atoms with Crippen LogP contribution in [0.15, 0.2) is 36.4 Å². The van der Waals surface area contributed by atoms with Crippen LogP contribution in [0.3, 0.4) is 0 Å². The number of rotatable bonds is 6. The Bertz CT molecular complexity index is 1390. The van der Waals surface area contributed by atoms with Crippen molar-refractivity contribution in [1.82, 2.24) is 10.3 Å². The number of esters is 1. The minimum Gasteiger partial charge on any atom is -0.461 e. The van der Waals surface area contributed by atoms with Gasteiger partial charge in [0.1, 0.15) is 17.7 Å². The van der Waals surface area contributed by atoms with E-state index >= 15 is 0 Å². The summed E-state index contributed by atoms with van der Waals surface area (Å²) in [5.74, 6) is 0.486. The average Bonchev–Trinajstić information content (AvgIpc) is 3.62. The lowest BCUT2D eigenvalue weighted by molar-refractivity contribution is -0.146. The van der Waals surface area contributed by atoms with Crippen LogP contribution < -0.4 is 5.32 Å². The summed E-state index contributed by atoms with van der Waals surface area (Å²) in [6, 6.07) is 10.1. The standard InChI is InChI=1S/C31H34F2N2O2/c1-17-4-3-5-19(17)13-26-24-9-7-22(33)15-28(24)35-31(26)27-14-20-12-21(32)6-8-23(20)25(27)16-29-30(10-11-34-29)37-18(2)36/h6-9,12,15,17,19,29-30,34-35H,3-5,10-11,13-14,16H2,1-2H3/t17-,19+,29+,30-/m0/s1. The van der Waals surface area contributed by atoms with E-state index in [0.717, 1.165) is 58.3 Å². The largest absolute Gasteiger partial charge is 0.461 e. The molecule has 3 aromatic rings. The number of hydrogen-bond donors (Lipinski definition) is 2. The van der Waals surface area contributed by atoms with Gasteiger partial charge in [-0.05, 0) is 102 Å². The Hall–Kier alpha value is -2.99. The number of carbonyl (C=O) groups excluding carboxylic acids is 1. The van der Waals surface area contributed by atoms with E-state index in [1.165, 1.54) is 37.8 Å². The number of aromatic nitrogens is 1. The summed E-state index contributed by atoms with van der Waals surface area (Å²) in [5, 5.41) is 4.59. The topological polar surface area (TPSA) is 54.1 Å².